The molecule has 0 bridgehead atoms. The van der Waals surface area contributed by atoms with E-state index >= 15 is 0 Å². The average molecular weight is 600 g/mol. The fraction of sp³-hybridized carbons (Fsp3) is 0.394. The van der Waals surface area contributed by atoms with Gasteiger partial charge in [0.05, 0.1) is 33.5 Å². The van der Waals surface area contributed by atoms with Crippen molar-refractivity contribution in [2.75, 3.05) is 4.90 Å². The molecule has 220 valence electrons. The second kappa shape index (κ2) is 10.1. The van der Waals surface area contributed by atoms with Crippen molar-refractivity contribution in [1.82, 2.24) is 19.7 Å². The molecule has 4 heterocycles. The number of aryl methyl sites for hydroxylation is 3. The fourth-order valence-corrected chi connectivity index (χ4v) is 8.31. The van der Waals surface area contributed by atoms with Gasteiger partial charge in [-0.15, -0.1) is 11.3 Å². The number of hydrogen-bond acceptors (Lipinski definition) is 6. The number of imidazole rings is 1. The average Bonchev–Trinajstić information content (AvgIpc) is 3.52. The number of aromatic nitrogens is 4. The topological polar surface area (TPSA) is 77.0 Å². The van der Waals surface area contributed by atoms with Crippen molar-refractivity contribution in [2.45, 2.75) is 83.2 Å². The SMILES string of the molecule is Cc1noc(C)c1-c1ccc2c(c1)nc(C1CCCC(=O)N1c1ccc(F)c(F)c1)n2C1CCc2nc(C3CC3)sc2C1. The van der Waals surface area contributed by atoms with Gasteiger partial charge in [-0.25, -0.2) is 18.7 Å². The number of halogens is 2. The first-order valence-corrected chi connectivity index (χ1v) is 15.9. The van der Waals surface area contributed by atoms with Crippen LogP contribution < -0.4 is 4.90 Å². The summed E-state index contributed by atoms with van der Waals surface area (Å²) in [5.41, 5.74) is 6.14. The van der Waals surface area contributed by atoms with Crippen molar-refractivity contribution in [3.8, 4) is 11.1 Å². The highest BCUT2D eigenvalue weighted by Crippen LogP contribution is 2.46. The van der Waals surface area contributed by atoms with Gasteiger partial charge in [0.15, 0.2) is 11.6 Å². The van der Waals surface area contributed by atoms with Crippen molar-refractivity contribution >= 4 is 34.0 Å². The number of piperidine rings is 1. The van der Waals surface area contributed by atoms with E-state index in [0.717, 1.165) is 70.8 Å². The third kappa shape index (κ3) is 4.49. The number of rotatable bonds is 5. The summed E-state index contributed by atoms with van der Waals surface area (Å²) in [6.07, 6.45) is 6.86. The number of fused-ring (bicyclic) bond motifs is 2. The molecule has 2 fully saturated rings. The molecule has 1 saturated carbocycles. The molecule has 1 amide bonds. The number of carbonyl (C=O) groups excluding carboxylic acids is 1. The predicted octanol–water partition coefficient (Wildman–Crippen LogP) is 7.91. The maximum Gasteiger partial charge on any atom is 0.227 e. The van der Waals surface area contributed by atoms with Gasteiger partial charge in [0, 0.05) is 47.0 Å². The first-order chi connectivity index (χ1) is 20.9. The minimum atomic E-state index is -0.969. The van der Waals surface area contributed by atoms with Crippen molar-refractivity contribution in [3.05, 3.63) is 80.9 Å². The fourth-order valence-electron chi connectivity index (χ4n) is 6.96. The van der Waals surface area contributed by atoms with Crippen LogP contribution in [0.2, 0.25) is 0 Å². The minimum Gasteiger partial charge on any atom is -0.361 e. The Labute approximate surface area is 251 Å². The van der Waals surface area contributed by atoms with Gasteiger partial charge >= 0.3 is 0 Å². The quantitative estimate of drug-likeness (QED) is 0.205. The molecule has 2 atom stereocenters. The monoisotopic (exact) mass is 599 g/mol. The lowest BCUT2D eigenvalue weighted by Gasteiger charge is -2.37. The molecule has 43 heavy (non-hydrogen) atoms. The lowest BCUT2D eigenvalue weighted by molar-refractivity contribution is -0.120. The van der Waals surface area contributed by atoms with Crippen molar-refractivity contribution in [3.63, 3.8) is 0 Å². The zero-order chi connectivity index (χ0) is 29.4. The molecule has 8 rings (SSSR count). The zero-order valence-corrected chi connectivity index (χ0v) is 24.9. The van der Waals surface area contributed by atoms with Gasteiger partial charge in [-0.1, -0.05) is 11.2 Å². The van der Waals surface area contributed by atoms with Crippen molar-refractivity contribution in [1.29, 1.82) is 0 Å². The molecular formula is C33H31F2N5O2S. The molecule has 3 aromatic heterocycles. The molecule has 2 aliphatic carbocycles. The van der Waals surface area contributed by atoms with Gasteiger partial charge in [0.2, 0.25) is 5.91 Å². The largest absolute Gasteiger partial charge is 0.361 e. The number of amides is 1. The molecule has 2 unspecified atom stereocenters. The molecule has 1 saturated heterocycles. The van der Waals surface area contributed by atoms with Crippen LogP contribution in [-0.2, 0) is 17.6 Å². The van der Waals surface area contributed by atoms with Crippen LogP contribution in [0.4, 0.5) is 14.5 Å². The Morgan fingerprint density at radius 2 is 1.84 bits per heavy atom. The zero-order valence-electron chi connectivity index (χ0n) is 24.1. The van der Waals surface area contributed by atoms with Gasteiger partial charge in [0.25, 0.3) is 0 Å². The first kappa shape index (κ1) is 26.7. The molecule has 3 aliphatic rings. The van der Waals surface area contributed by atoms with E-state index in [1.165, 1.54) is 34.5 Å². The highest BCUT2D eigenvalue weighted by atomic mass is 32.1. The van der Waals surface area contributed by atoms with Crippen LogP contribution in [0.15, 0.2) is 40.9 Å². The number of carbonyl (C=O) groups is 1. The van der Waals surface area contributed by atoms with Crippen LogP contribution in [0.1, 0.15) is 89.4 Å². The second-order valence-corrected chi connectivity index (χ2v) is 13.2. The summed E-state index contributed by atoms with van der Waals surface area (Å²) in [7, 11) is 0. The normalized spacial score (nSPS) is 20.7. The number of nitrogens with zero attached hydrogens (tertiary/aromatic N) is 5. The highest BCUT2D eigenvalue weighted by Gasteiger charge is 2.37. The molecule has 5 aromatic rings. The van der Waals surface area contributed by atoms with Gasteiger partial charge in [-0.3, -0.25) is 4.79 Å². The second-order valence-electron chi connectivity index (χ2n) is 12.1. The van der Waals surface area contributed by atoms with Crippen molar-refractivity contribution in [2.24, 2.45) is 0 Å². The highest BCUT2D eigenvalue weighted by molar-refractivity contribution is 7.11. The van der Waals surface area contributed by atoms with Crippen LogP contribution >= 0.6 is 11.3 Å². The van der Waals surface area contributed by atoms with E-state index in [2.05, 4.69) is 27.9 Å². The Kier molecular flexibility index (Phi) is 6.25. The van der Waals surface area contributed by atoms with Gasteiger partial charge in [-0.05, 0) is 82.2 Å². The molecule has 2 aromatic carbocycles. The summed E-state index contributed by atoms with van der Waals surface area (Å²) >= 11 is 1.85. The van der Waals surface area contributed by atoms with E-state index in [1.807, 2.05) is 25.2 Å². The van der Waals surface area contributed by atoms with Crippen LogP contribution in [0.25, 0.3) is 22.2 Å². The number of hydrogen-bond donors (Lipinski definition) is 0. The van der Waals surface area contributed by atoms with Crippen LogP contribution in [0, 0.1) is 25.5 Å². The summed E-state index contributed by atoms with van der Waals surface area (Å²) in [6, 6.07) is 9.69. The number of thiazole rings is 1. The Morgan fingerprint density at radius 3 is 2.60 bits per heavy atom. The lowest BCUT2D eigenvalue weighted by Crippen LogP contribution is -2.40. The van der Waals surface area contributed by atoms with E-state index in [0.29, 0.717) is 30.9 Å². The van der Waals surface area contributed by atoms with Crippen LogP contribution in [-0.4, -0.2) is 25.6 Å². The van der Waals surface area contributed by atoms with E-state index in [-0.39, 0.29) is 11.9 Å². The number of anilines is 1. The maximum absolute atomic E-state index is 14.4. The van der Waals surface area contributed by atoms with Gasteiger partial charge < -0.3 is 14.0 Å². The summed E-state index contributed by atoms with van der Waals surface area (Å²) in [4.78, 5) is 26.6. The molecule has 0 N–H and O–H groups in total. The standard InChI is InChI=1S/C33H31F2N5O2S/c1-17-31(18(2)42-38-17)20-8-13-27-26(14-20)36-32(28-4-3-5-30(41)39(28)21-9-11-23(34)24(35)15-21)40(27)22-10-12-25-29(16-22)43-33(37-25)19-6-7-19/h8-9,11,13-15,19,22,28H,3-7,10,12,16H2,1-2H3. The van der Waals surface area contributed by atoms with E-state index in [4.69, 9.17) is 14.5 Å². The smallest absolute Gasteiger partial charge is 0.227 e. The summed E-state index contributed by atoms with van der Waals surface area (Å²) in [5, 5.41) is 5.41. The first-order valence-electron chi connectivity index (χ1n) is 15.1. The summed E-state index contributed by atoms with van der Waals surface area (Å²) in [5.74, 6) is 0.138. The predicted molar refractivity (Wildman–Crippen MR) is 160 cm³/mol. The Morgan fingerprint density at radius 1 is 0.977 bits per heavy atom. The molecule has 0 radical (unpaired) electrons. The minimum absolute atomic E-state index is 0.111. The summed E-state index contributed by atoms with van der Waals surface area (Å²) in [6.45, 7) is 3.83. The maximum atomic E-state index is 14.4. The van der Waals surface area contributed by atoms with E-state index < -0.39 is 17.7 Å². The lowest BCUT2D eigenvalue weighted by atomic mass is 9.95. The third-order valence-corrected chi connectivity index (χ3v) is 10.5. The van der Waals surface area contributed by atoms with Gasteiger partial charge in [-0.2, -0.15) is 0 Å². The van der Waals surface area contributed by atoms with Crippen LogP contribution in [0.5, 0.6) is 0 Å². The van der Waals surface area contributed by atoms with E-state index in [1.54, 1.807) is 4.90 Å². The van der Waals surface area contributed by atoms with E-state index in [9.17, 15) is 13.6 Å². The number of benzene rings is 2. The third-order valence-electron chi connectivity index (χ3n) is 9.19. The Hall–Kier alpha value is -3.92. The molecule has 1 aliphatic heterocycles. The summed E-state index contributed by atoms with van der Waals surface area (Å²) < 4.78 is 36.1. The Balaban J connectivity index is 1.28. The van der Waals surface area contributed by atoms with Gasteiger partial charge in [0.1, 0.15) is 11.6 Å². The Bertz CT molecular complexity index is 1890. The molecule has 7 nitrogen and oxygen atoms in total. The molecule has 10 heteroatoms. The van der Waals surface area contributed by atoms with Crippen LogP contribution in [0.3, 0.4) is 0 Å². The molecular weight excluding hydrogens is 568 g/mol. The van der Waals surface area contributed by atoms with Crippen molar-refractivity contribution < 1.29 is 18.1 Å². The molecule has 0 spiro atoms.